The molecule has 2 aliphatic heterocycles. The van der Waals surface area contributed by atoms with Crippen molar-refractivity contribution in [3.05, 3.63) is 17.7 Å². The summed E-state index contributed by atoms with van der Waals surface area (Å²) in [6.07, 6.45) is 5.94. The third-order valence-electron chi connectivity index (χ3n) is 5.46. The van der Waals surface area contributed by atoms with Crippen LogP contribution in [0.15, 0.2) is 6.33 Å². The van der Waals surface area contributed by atoms with Crippen molar-refractivity contribution < 1.29 is 4.79 Å². The molecule has 0 radical (unpaired) electrons. The summed E-state index contributed by atoms with van der Waals surface area (Å²) in [7, 11) is 0. The van der Waals surface area contributed by atoms with E-state index in [0.29, 0.717) is 24.3 Å². The quantitative estimate of drug-likeness (QED) is 0.926. The van der Waals surface area contributed by atoms with Gasteiger partial charge in [-0.1, -0.05) is 20.8 Å². The molecule has 0 aromatic carbocycles. The van der Waals surface area contributed by atoms with Gasteiger partial charge in [0.1, 0.15) is 0 Å². The van der Waals surface area contributed by atoms with E-state index in [2.05, 4.69) is 47.5 Å². The van der Waals surface area contributed by atoms with Gasteiger partial charge in [-0.25, -0.2) is 4.98 Å². The minimum absolute atomic E-state index is 0.0716. The predicted octanol–water partition coefficient (Wildman–Crippen LogP) is 2.97. The Hall–Kier alpha value is -1.36. The number of fused-ring (bicyclic) bond motifs is 1. The molecule has 5 nitrogen and oxygen atoms in total. The van der Waals surface area contributed by atoms with Gasteiger partial charge in [-0.05, 0) is 37.5 Å². The number of nitrogens with zero attached hydrogens (tertiary/aromatic N) is 3. The lowest BCUT2D eigenvalue weighted by Crippen LogP contribution is -2.55. The van der Waals surface area contributed by atoms with Crippen LogP contribution in [-0.4, -0.2) is 51.4 Å². The van der Waals surface area contributed by atoms with Crippen molar-refractivity contribution >= 4 is 5.91 Å². The number of rotatable bonds is 3. The summed E-state index contributed by atoms with van der Waals surface area (Å²) in [6.45, 7) is 12.6. The maximum absolute atomic E-state index is 12.7. The number of aryl methyl sites for hydroxylation is 1. The van der Waals surface area contributed by atoms with E-state index >= 15 is 0 Å². The van der Waals surface area contributed by atoms with Crippen LogP contribution in [0.3, 0.4) is 0 Å². The molecule has 24 heavy (non-hydrogen) atoms. The minimum Gasteiger partial charge on any atom is -0.348 e. The average molecular weight is 332 g/mol. The highest BCUT2D eigenvalue weighted by molar-refractivity contribution is 5.77. The zero-order chi connectivity index (χ0) is 17.3. The van der Waals surface area contributed by atoms with Crippen LogP contribution in [0.25, 0.3) is 0 Å². The lowest BCUT2D eigenvalue weighted by atomic mass is 9.82. The molecule has 1 N–H and O–H groups in total. The summed E-state index contributed by atoms with van der Waals surface area (Å²) in [5.41, 5.74) is 2.40. The van der Waals surface area contributed by atoms with Gasteiger partial charge in [0.15, 0.2) is 0 Å². The van der Waals surface area contributed by atoms with Gasteiger partial charge < -0.3 is 9.88 Å². The number of H-pyrrole nitrogens is 1. The smallest absolute Gasteiger partial charge is 0.223 e. The second-order valence-corrected chi connectivity index (χ2v) is 8.79. The molecule has 1 aromatic rings. The van der Waals surface area contributed by atoms with Crippen LogP contribution in [0.2, 0.25) is 0 Å². The van der Waals surface area contributed by atoms with E-state index in [9.17, 15) is 4.79 Å². The molecule has 1 amide bonds. The van der Waals surface area contributed by atoms with Gasteiger partial charge in [0.05, 0.1) is 12.0 Å². The zero-order valence-corrected chi connectivity index (χ0v) is 15.6. The molecule has 3 rings (SSSR count). The molecule has 0 spiro atoms. The fraction of sp³-hybridized carbons (Fsp3) is 0.789. The summed E-state index contributed by atoms with van der Waals surface area (Å²) >= 11 is 0. The fourth-order valence-electron chi connectivity index (χ4n) is 4.25. The lowest BCUT2D eigenvalue weighted by molar-refractivity contribution is -0.140. The maximum Gasteiger partial charge on any atom is 0.223 e. The molecule has 0 unspecified atom stereocenters. The molecular formula is C19H32N4O. The Labute approximate surface area is 145 Å². The number of aromatic amines is 1. The van der Waals surface area contributed by atoms with Crippen molar-refractivity contribution in [3.63, 3.8) is 0 Å². The highest BCUT2D eigenvalue weighted by atomic mass is 16.2. The van der Waals surface area contributed by atoms with E-state index in [1.54, 1.807) is 6.33 Å². The van der Waals surface area contributed by atoms with E-state index in [-0.39, 0.29) is 5.41 Å². The number of nitrogens with one attached hydrogen (secondary N) is 1. The van der Waals surface area contributed by atoms with Crippen LogP contribution < -0.4 is 0 Å². The van der Waals surface area contributed by atoms with Gasteiger partial charge in [0, 0.05) is 44.3 Å². The SMILES string of the molecule is Cc1[nH]cnc1CN1CC[C@H]2[C@H](CCCN2C(=O)CC(C)(C)C)C1. The molecule has 1 aromatic heterocycles. The highest BCUT2D eigenvalue weighted by Crippen LogP contribution is 2.33. The van der Waals surface area contributed by atoms with E-state index in [0.717, 1.165) is 44.7 Å². The molecule has 2 atom stereocenters. The van der Waals surface area contributed by atoms with Gasteiger partial charge >= 0.3 is 0 Å². The monoisotopic (exact) mass is 332 g/mol. The maximum atomic E-state index is 12.7. The zero-order valence-electron chi connectivity index (χ0n) is 15.6. The molecule has 0 bridgehead atoms. The third kappa shape index (κ3) is 4.00. The number of carbonyl (C=O) groups excluding carboxylic acids is 1. The summed E-state index contributed by atoms with van der Waals surface area (Å²) in [4.78, 5) is 25.1. The van der Waals surface area contributed by atoms with Crippen molar-refractivity contribution in [2.24, 2.45) is 11.3 Å². The van der Waals surface area contributed by atoms with Gasteiger partial charge in [-0.3, -0.25) is 9.69 Å². The van der Waals surface area contributed by atoms with Crippen molar-refractivity contribution in [1.82, 2.24) is 19.8 Å². The third-order valence-corrected chi connectivity index (χ3v) is 5.46. The van der Waals surface area contributed by atoms with E-state index < -0.39 is 0 Å². The first-order chi connectivity index (χ1) is 11.3. The first-order valence-electron chi connectivity index (χ1n) is 9.34. The number of piperidine rings is 2. The molecule has 134 valence electrons. The average Bonchev–Trinajstić information content (AvgIpc) is 2.90. The number of carbonyl (C=O) groups is 1. The minimum atomic E-state index is 0.0716. The largest absolute Gasteiger partial charge is 0.348 e. The van der Waals surface area contributed by atoms with E-state index in [1.807, 2.05) is 0 Å². The van der Waals surface area contributed by atoms with Gasteiger partial charge in [0.25, 0.3) is 0 Å². The second kappa shape index (κ2) is 6.87. The summed E-state index contributed by atoms with van der Waals surface area (Å²) < 4.78 is 0. The Bertz CT molecular complexity index is 574. The molecule has 0 aliphatic carbocycles. The Morgan fingerprint density at radius 2 is 2.12 bits per heavy atom. The predicted molar refractivity (Wildman–Crippen MR) is 95.5 cm³/mol. The van der Waals surface area contributed by atoms with E-state index in [1.165, 1.54) is 12.1 Å². The number of hydrogen-bond acceptors (Lipinski definition) is 3. The first kappa shape index (κ1) is 17.5. The summed E-state index contributed by atoms with van der Waals surface area (Å²) in [6, 6.07) is 0.449. The van der Waals surface area contributed by atoms with Crippen molar-refractivity contribution in [2.75, 3.05) is 19.6 Å². The normalized spacial score (nSPS) is 25.6. The van der Waals surface area contributed by atoms with Crippen LogP contribution in [-0.2, 0) is 11.3 Å². The fourth-order valence-corrected chi connectivity index (χ4v) is 4.25. The molecule has 3 heterocycles. The van der Waals surface area contributed by atoms with Crippen LogP contribution in [0, 0.1) is 18.3 Å². The van der Waals surface area contributed by atoms with Gasteiger partial charge in [-0.2, -0.15) is 0 Å². The molecule has 5 heteroatoms. The van der Waals surface area contributed by atoms with Crippen LogP contribution >= 0.6 is 0 Å². The van der Waals surface area contributed by atoms with Crippen molar-refractivity contribution in [2.45, 2.75) is 66.0 Å². The second-order valence-electron chi connectivity index (χ2n) is 8.79. The molecule has 2 aliphatic rings. The molecule has 2 saturated heterocycles. The molecule has 0 saturated carbocycles. The standard InChI is InChI=1S/C19H32N4O/c1-14-16(21-13-20-14)12-22-9-7-17-15(11-22)6-5-8-23(17)18(24)10-19(2,3)4/h13,15,17H,5-12H2,1-4H3,(H,20,21)/t15-,17+/m1/s1. The first-order valence-corrected chi connectivity index (χ1v) is 9.34. The number of imidazole rings is 1. The summed E-state index contributed by atoms with van der Waals surface area (Å²) in [5.74, 6) is 0.976. The topological polar surface area (TPSA) is 52.2 Å². The van der Waals surface area contributed by atoms with Crippen LogP contribution in [0.4, 0.5) is 0 Å². The Balaban J connectivity index is 1.61. The number of hydrogen-bond donors (Lipinski definition) is 1. The van der Waals surface area contributed by atoms with Crippen molar-refractivity contribution in [1.29, 1.82) is 0 Å². The molecule has 2 fully saturated rings. The summed E-state index contributed by atoms with van der Waals surface area (Å²) in [5, 5.41) is 0. The van der Waals surface area contributed by atoms with Crippen LogP contribution in [0.1, 0.15) is 57.8 Å². The lowest BCUT2D eigenvalue weighted by Gasteiger charge is -2.47. The van der Waals surface area contributed by atoms with Gasteiger partial charge in [-0.15, -0.1) is 0 Å². The highest BCUT2D eigenvalue weighted by Gasteiger charge is 2.38. The Morgan fingerprint density at radius 3 is 2.79 bits per heavy atom. The number of likely N-dealkylation sites (tertiary alicyclic amines) is 2. The Morgan fingerprint density at radius 1 is 1.33 bits per heavy atom. The number of aromatic nitrogens is 2. The van der Waals surface area contributed by atoms with Crippen LogP contribution in [0.5, 0.6) is 0 Å². The van der Waals surface area contributed by atoms with Crippen molar-refractivity contribution in [3.8, 4) is 0 Å². The number of amides is 1. The Kier molecular flexibility index (Phi) is 5.00. The van der Waals surface area contributed by atoms with Gasteiger partial charge in [0.2, 0.25) is 5.91 Å². The molecular weight excluding hydrogens is 300 g/mol. The van der Waals surface area contributed by atoms with E-state index in [4.69, 9.17) is 0 Å².